The summed E-state index contributed by atoms with van der Waals surface area (Å²) in [5, 5.41) is 40.4. The molecule has 1 fully saturated rings. The van der Waals surface area contributed by atoms with Crippen molar-refractivity contribution < 1.29 is 44.2 Å². The van der Waals surface area contributed by atoms with Gasteiger partial charge >= 0.3 is 5.97 Å². The minimum absolute atomic E-state index is 0.107. The average Bonchev–Trinajstić information content (AvgIpc) is 3.35. The van der Waals surface area contributed by atoms with Crippen LogP contribution in [-0.4, -0.2) is 89.6 Å². The van der Waals surface area contributed by atoms with Gasteiger partial charge in [0.1, 0.15) is 30.5 Å². The van der Waals surface area contributed by atoms with Crippen LogP contribution in [0, 0.1) is 0 Å². The van der Waals surface area contributed by atoms with Crippen LogP contribution in [0.5, 0.6) is 0 Å². The molecule has 0 aromatic carbocycles. The summed E-state index contributed by atoms with van der Waals surface area (Å²) in [5.74, 6) is -0.304. The molecule has 0 amide bonds. The molecule has 1 heterocycles. The number of rotatable bonds is 54. The highest BCUT2D eigenvalue weighted by Gasteiger charge is 2.44. The van der Waals surface area contributed by atoms with Gasteiger partial charge in [-0.1, -0.05) is 270 Å². The van der Waals surface area contributed by atoms with Gasteiger partial charge in [-0.3, -0.25) is 4.79 Å². The van der Waals surface area contributed by atoms with Gasteiger partial charge in [0.2, 0.25) is 0 Å². The lowest BCUT2D eigenvalue weighted by Gasteiger charge is -2.39. The molecular weight excluding hydrogens is 865 g/mol. The van der Waals surface area contributed by atoms with Crippen molar-refractivity contribution in [3.05, 3.63) is 12.2 Å². The number of aliphatic hydroxyl groups is 4. The molecule has 6 atom stereocenters. The maximum Gasteiger partial charge on any atom is 0.306 e. The van der Waals surface area contributed by atoms with E-state index in [1.165, 1.54) is 250 Å². The highest BCUT2D eigenvalue weighted by Crippen LogP contribution is 2.23. The van der Waals surface area contributed by atoms with Crippen molar-refractivity contribution in [2.75, 3.05) is 26.4 Å². The van der Waals surface area contributed by atoms with Crippen LogP contribution in [0.3, 0.4) is 0 Å². The highest BCUT2D eigenvalue weighted by molar-refractivity contribution is 5.69. The molecule has 69 heavy (non-hydrogen) atoms. The molecule has 0 aromatic rings. The van der Waals surface area contributed by atoms with E-state index in [2.05, 4.69) is 26.0 Å². The van der Waals surface area contributed by atoms with Crippen molar-refractivity contribution in [1.82, 2.24) is 0 Å². The summed E-state index contributed by atoms with van der Waals surface area (Å²) in [6.07, 6.45) is 55.5. The molecule has 0 spiro atoms. The number of ether oxygens (including phenoxy) is 4. The third-order valence-electron chi connectivity index (χ3n) is 14.4. The van der Waals surface area contributed by atoms with E-state index in [0.29, 0.717) is 13.0 Å². The Morgan fingerprint density at radius 3 is 1.17 bits per heavy atom. The minimum Gasteiger partial charge on any atom is -0.457 e. The molecule has 1 saturated heterocycles. The minimum atomic E-state index is -1.53. The largest absolute Gasteiger partial charge is 0.457 e. The summed E-state index contributed by atoms with van der Waals surface area (Å²) in [7, 11) is 0. The molecule has 6 unspecified atom stereocenters. The van der Waals surface area contributed by atoms with Crippen LogP contribution >= 0.6 is 0 Å². The van der Waals surface area contributed by atoms with E-state index in [4.69, 9.17) is 18.9 Å². The maximum absolute atomic E-state index is 12.9. The van der Waals surface area contributed by atoms with Crippen LogP contribution in [-0.2, 0) is 23.7 Å². The standard InChI is InChI=1S/C60H116O9/c1-3-5-7-9-11-13-15-17-19-21-23-25-27-28-30-32-34-36-38-40-42-44-46-48-50-66-52-54(53-67-60-59(65)58(64)57(63)55(51-61)69-60)68-56(62)49-47-45-43-41-39-37-35-33-31-29-26-24-22-20-18-16-14-12-10-8-6-4-2/h21,23,54-55,57-61,63-65H,3-20,22,24-53H2,1-2H3/b23-21-. The topological polar surface area (TPSA) is 135 Å². The first-order valence-electron chi connectivity index (χ1n) is 30.3. The lowest BCUT2D eigenvalue weighted by molar-refractivity contribution is -0.305. The molecule has 410 valence electrons. The maximum atomic E-state index is 12.9. The number of carbonyl (C=O) groups excluding carboxylic acids is 1. The highest BCUT2D eigenvalue weighted by atomic mass is 16.7. The van der Waals surface area contributed by atoms with Crippen molar-refractivity contribution in [3.63, 3.8) is 0 Å². The van der Waals surface area contributed by atoms with Crippen molar-refractivity contribution in [1.29, 1.82) is 0 Å². The van der Waals surface area contributed by atoms with Crippen LogP contribution in [0.1, 0.15) is 303 Å². The second-order valence-electron chi connectivity index (χ2n) is 21.2. The summed E-state index contributed by atoms with van der Waals surface area (Å²) in [5.41, 5.74) is 0. The first kappa shape index (κ1) is 65.9. The van der Waals surface area contributed by atoms with Crippen molar-refractivity contribution in [3.8, 4) is 0 Å². The zero-order chi connectivity index (χ0) is 49.9. The lowest BCUT2D eigenvalue weighted by atomic mass is 9.99. The fourth-order valence-corrected chi connectivity index (χ4v) is 9.73. The van der Waals surface area contributed by atoms with Gasteiger partial charge in [0.15, 0.2) is 6.29 Å². The Hall–Kier alpha value is -1.07. The van der Waals surface area contributed by atoms with E-state index in [-0.39, 0.29) is 19.2 Å². The summed E-state index contributed by atoms with van der Waals surface area (Å²) in [6.45, 7) is 4.64. The Bertz CT molecular complexity index is 1070. The van der Waals surface area contributed by atoms with Gasteiger partial charge in [-0.2, -0.15) is 0 Å². The van der Waals surface area contributed by atoms with Crippen molar-refractivity contribution in [2.45, 2.75) is 340 Å². The second-order valence-corrected chi connectivity index (χ2v) is 21.2. The SMILES string of the molecule is CCCCCCCCCC/C=C\CCCCCCCCCCCCCCOCC(COC1OC(CO)C(O)C(O)C1O)OC(=O)CCCCCCCCCCCCCCCCCCCCCCCC. The second kappa shape index (κ2) is 51.8. The number of aliphatic hydroxyl groups excluding tert-OH is 4. The monoisotopic (exact) mass is 981 g/mol. The van der Waals surface area contributed by atoms with Gasteiger partial charge in [0.25, 0.3) is 0 Å². The number of hydrogen-bond donors (Lipinski definition) is 4. The smallest absolute Gasteiger partial charge is 0.306 e. The fourth-order valence-electron chi connectivity index (χ4n) is 9.73. The summed E-state index contributed by atoms with van der Waals surface area (Å²) in [4.78, 5) is 12.9. The summed E-state index contributed by atoms with van der Waals surface area (Å²) >= 11 is 0. The Labute approximate surface area is 426 Å². The zero-order valence-electron chi connectivity index (χ0n) is 45.6. The fraction of sp³-hybridized carbons (Fsp3) is 0.950. The quantitative estimate of drug-likeness (QED) is 0.0267. The van der Waals surface area contributed by atoms with E-state index in [1.807, 2.05) is 0 Å². The molecule has 0 saturated carbocycles. The molecule has 9 heteroatoms. The number of carbonyl (C=O) groups is 1. The molecule has 4 N–H and O–H groups in total. The average molecular weight is 982 g/mol. The lowest BCUT2D eigenvalue weighted by Crippen LogP contribution is -2.59. The normalized spacial score (nSPS) is 19.0. The van der Waals surface area contributed by atoms with E-state index < -0.39 is 43.4 Å². The van der Waals surface area contributed by atoms with E-state index in [9.17, 15) is 25.2 Å². The molecule has 0 aliphatic carbocycles. The van der Waals surface area contributed by atoms with Gasteiger partial charge in [0.05, 0.1) is 19.8 Å². The first-order chi connectivity index (χ1) is 33.9. The molecule has 0 aromatic heterocycles. The van der Waals surface area contributed by atoms with Crippen LogP contribution in [0.15, 0.2) is 12.2 Å². The zero-order valence-corrected chi connectivity index (χ0v) is 45.6. The van der Waals surface area contributed by atoms with E-state index >= 15 is 0 Å². The Morgan fingerprint density at radius 1 is 0.449 bits per heavy atom. The van der Waals surface area contributed by atoms with Crippen LogP contribution in [0.2, 0.25) is 0 Å². The van der Waals surface area contributed by atoms with Crippen LogP contribution in [0.25, 0.3) is 0 Å². The van der Waals surface area contributed by atoms with Crippen LogP contribution in [0.4, 0.5) is 0 Å². The Balaban J connectivity index is 2.12. The number of unbranched alkanes of at least 4 members (excludes halogenated alkanes) is 41. The molecule has 0 radical (unpaired) electrons. The first-order valence-corrected chi connectivity index (χ1v) is 30.3. The molecule has 1 aliphatic rings. The van der Waals surface area contributed by atoms with E-state index in [1.54, 1.807) is 0 Å². The summed E-state index contributed by atoms with van der Waals surface area (Å²) < 4.78 is 23.0. The predicted molar refractivity (Wildman–Crippen MR) is 289 cm³/mol. The number of esters is 1. The van der Waals surface area contributed by atoms with Crippen molar-refractivity contribution in [2.24, 2.45) is 0 Å². The molecular formula is C60H116O9. The molecule has 1 rings (SSSR count). The number of hydrogen-bond acceptors (Lipinski definition) is 9. The molecule has 0 bridgehead atoms. The van der Waals surface area contributed by atoms with Gasteiger partial charge < -0.3 is 39.4 Å². The van der Waals surface area contributed by atoms with Crippen LogP contribution < -0.4 is 0 Å². The predicted octanol–water partition coefficient (Wildman–Crippen LogP) is 15.9. The van der Waals surface area contributed by atoms with Gasteiger partial charge in [-0.15, -0.1) is 0 Å². The Kier molecular flexibility index (Phi) is 49.5. The van der Waals surface area contributed by atoms with Gasteiger partial charge in [0, 0.05) is 13.0 Å². The van der Waals surface area contributed by atoms with Gasteiger partial charge in [-0.05, 0) is 38.5 Å². The molecule has 9 nitrogen and oxygen atoms in total. The summed E-state index contributed by atoms with van der Waals surface area (Å²) in [6, 6.07) is 0. The third-order valence-corrected chi connectivity index (χ3v) is 14.4. The Morgan fingerprint density at radius 2 is 0.797 bits per heavy atom. The van der Waals surface area contributed by atoms with Gasteiger partial charge in [-0.25, -0.2) is 0 Å². The number of allylic oxidation sites excluding steroid dienone is 2. The van der Waals surface area contributed by atoms with E-state index in [0.717, 1.165) is 32.1 Å². The van der Waals surface area contributed by atoms with Crippen molar-refractivity contribution >= 4 is 5.97 Å². The molecule has 1 aliphatic heterocycles. The third kappa shape index (κ3) is 42.0.